The summed E-state index contributed by atoms with van der Waals surface area (Å²) in [5.74, 6) is -0.851. The van der Waals surface area contributed by atoms with Crippen LogP contribution in [0.3, 0.4) is 0 Å². The van der Waals surface area contributed by atoms with Gasteiger partial charge in [0, 0.05) is 43.9 Å². The van der Waals surface area contributed by atoms with Gasteiger partial charge >= 0.3 is 0 Å². The molecule has 3 aliphatic rings. The number of benzene rings is 2. The van der Waals surface area contributed by atoms with Gasteiger partial charge in [0.05, 0.1) is 16.6 Å². The number of nitrogens with one attached hydrogen (secondary N) is 2. The zero-order valence-electron chi connectivity index (χ0n) is 16.9. The van der Waals surface area contributed by atoms with Crippen LogP contribution in [0.4, 0.5) is 5.69 Å². The van der Waals surface area contributed by atoms with Crippen molar-refractivity contribution in [2.24, 2.45) is 0 Å². The van der Waals surface area contributed by atoms with E-state index in [4.69, 9.17) is 11.1 Å². The lowest BCUT2D eigenvalue weighted by Crippen LogP contribution is -2.38. The molecular formula is C23H23N5O3. The first-order valence-electron chi connectivity index (χ1n) is 10.1. The van der Waals surface area contributed by atoms with Gasteiger partial charge < -0.3 is 21.0 Å². The highest BCUT2D eigenvalue weighted by atomic mass is 16.2. The Labute approximate surface area is 178 Å². The predicted molar refractivity (Wildman–Crippen MR) is 117 cm³/mol. The normalized spacial score (nSPS) is 13.5. The van der Waals surface area contributed by atoms with Gasteiger partial charge in [-0.2, -0.15) is 0 Å². The molecule has 0 saturated heterocycles. The standard InChI is InChI=1S/C23H23N5O3/c24-17-5-3-15-12-16-4-6-18(25)14-20(16)27(19(15)13-17)10-1-2-21(29)26-9-11-28-22(30)7-8-23(28)31/h3-8,12-14,24H,1-2,9-11,25H2,(H,26,29). The van der Waals surface area contributed by atoms with Crippen LogP contribution in [0.2, 0.25) is 0 Å². The van der Waals surface area contributed by atoms with Crippen LogP contribution < -0.4 is 16.4 Å². The van der Waals surface area contributed by atoms with Crippen LogP contribution in [0, 0.1) is 5.41 Å². The molecule has 0 spiro atoms. The number of anilines is 1. The van der Waals surface area contributed by atoms with Gasteiger partial charge in [0.25, 0.3) is 11.8 Å². The van der Waals surface area contributed by atoms with Crippen molar-refractivity contribution in [1.29, 1.82) is 5.41 Å². The second kappa shape index (κ2) is 8.43. The molecule has 31 heavy (non-hydrogen) atoms. The van der Waals surface area contributed by atoms with Gasteiger partial charge in [0.2, 0.25) is 5.91 Å². The molecule has 0 unspecified atom stereocenters. The second-order valence-electron chi connectivity index (χ2n) is 7.50. The molecule has 0 atom stereocenters. The molecule has 3 amide bonds. The Balaban J connectivity index is 1.42. The molecule has 4 N–H and O–H groups in total. The van der Waals surface area contributed by atoms with E-state index in [1.165, 1.54) is 12.2 Å². The molecule has 0 radical (unpaired) electrons. The topological polar surface area (TPSA) is 121 Å². The number of hydrogen-bond donors (Lipinski definition) is 3. The number of hydrogen-bond acceptors (Lipinski definition) is 5. The number of pyridine rings is 1. The Kier molecular flexibility index (Phi) is 5.53. The van der Waals surface area contributed by atoms with Gasteiger partial charge in [-0.05, 0) is 47.7 Å². The maximum Gasteiger partial charge on any atom is 0.253 e. The van der Waals surface area contributed by atoms with Gasteiger partial charge in [-0.1, -0.05) is 12.1 Å². The van der Waals surface area contributed by atoms with Gasteiger partial charge in [-0.3, -0.25) is 19.3 Å². The molecule has 8 nitrogen and oxygen atoms in total. The number of nitrogen functional groups attached to an aromatic ring is 1. The third kappa shape index (κ3) is 4.32. The molecule has 4 rings (SSSR count). The Hall–Kier alpha value is -3.94. The van der Waals surface area contributed by atoms with E-state index in [0.29, 0.717) is 30.4 Å². The molecule has 2 heterocycles. The monoisotopic (exact) mass is 417 g/mol. The van der Waals surface area contributed by atoms with Crippen molar-refractivity contribution in [3.05, 3.63) is 60.0 Å². The minimum atomic E-state index is -0.355. The van der Waals surface area contributed by atoms with Crippen molar-refractivity contribution in [3.8, 4) is 11.3 Å². The van der Waals surface area contributed by atoms with Gasteiger partial charge in [-0.25, -0.2) is 0 Å². The summed E-state index contributed by atoms with van der Waals surface area (Å²) in [5.41, 5.74) is 9.55. The van der Waals surface area contributed by atoms with Crippen molar-refractivity contribution >= 4 is 34.3 Å². The number of carbonyl (C=O) groups excluding carboxylic acids is 3. The largest absolute Gasteiger partial charge is 0.399 e. The summed E-state index contributed by atoms with van der Waals surface area (Å²) >= 11 is 0. The number of fused-ring (bicyclic) bond motifs is 2. The number of rotatable bonds is 7. The lowest BCUT2D eigenvalue weighted by molar-refractivity contribution is -0.137. The highest BCUT2D eigenvalue weighted by Crippen LogP contribution is 2.29. The highest BCUT2D eigenvalue weighted by molar-refractivity contribution is 6.12. The van der Waals surface area contributed by atoms with E-state index < -0.39 is 0 Å². The number of imide groups is 1. The SMILES string of the molecule is N=c1ccc2cc3ccc(N)cc3n(CCCC(=O)NCCN3C(=O)C=CC3=O)c-2c1. The Morgan fingerprint density at radius 3 is 2.55 bits per heavy atom. The number of amides is 3. The summed E-state index contributed by atoms with van der Waals surface area (Å²) in [4.78, 5) is 36.4. The molecule has 1 aromatic carbocycles. The zero-order chi connectivity index (χ0) is 22.0. The lowest BCUT2D eigenvalue weighted by atomic mass is 10.0. The zero-order valence-corrected chi connectivity index (χ0v) is 16.9. The highest BCUT2D eigenvalue weighted by Gasteiger charge is 2.22. The maximum atomic E-state index is 12.2. The van der Waals surface area contributed by atoms with Crippen LogP contribution in [0.1, 0.15) is 12.8 Å². The average Bonchev–Trinajstić information content (AvgIpc) is 3.06. The smallest absolute Gasteiger partial charge is 0.253 e. The van der Waals surface area contributed by atoms with Gasteiger partial charge in [-0.15, -0.1) is 0 Å². The molecule has 158 valence electrons. The fourth-order valence-corrected chi connectivity index (χ4v) is 3.80. The Morgan fingerprint density at radius 2 is 1.77 bits per heavy atom. The van der Waals surface area contributed by atoms with Crippen LogP contribution in [0.15, 0.2) is 54.6 Å². The van der Waals surface area contributed by atoms with Crippen LogP contribution >= 0.6 is 0 Å². The van der Waals surface area contributed by atoms with Crippen LogP contribution in [0.5, 0.6) is 0 Å². The summed E-state index contributed by atoms with van der Waals surface area (Å²) in [6, 6.07) is 13.3. The summed E-state index contributed by atoms with van der Waals surface area (Å²) in [6.07, 6.45) is 3.34. The molecule has 0 saturated carbocycles. The molecule has 0 aromatic heterocycles. The molecular weight excluding hydrogens is 394 g/mol. The summed E-state index contributed by atoms with van der Waals surface area (Å²) in [7, 11) is 0. The first-order valence-corrected chi connectivity index (χ1v) is 10.1. The first-order chi connectivity index (χ1) is 14.9. The summed E-state index contributed by atoms with van der Waals surface area (Å²) in [6.45, 7) is 0.965. The van der Waals surface area contributed by atoms with Crippen molar-refractivity contribution in [1.82, 2.24) is 14.8 Å². The lowest BCUT2D eigenvalue weighted by Gasteiger charge is -2.20. The van der Waals surface area contributed by atoms with Crippen molar-refractivity contribution in [2.45, 2.75) is 19.4 Å². The van der Waals surface area contributed by atoms with E-state index in [9.17, 15) is 14.4 Å². The number of carbonyl (C=O) groups is 3. The molecule has 1 aromatic rings. The van der Waals surface area contributed by atoms with E-state index in [0.717, 1.165) is 27.1 Å². The van der Waals surface area contributed by atoms with E-state index >= 15 is 0 Å². The predicted octanol–water partition coefficient (Wildman–Crippen LogP) is 1.63. The van der Waals surface area contributed by atoms with E-state index in [1.54, 1.807) is 6.07 Å². The van der Waals surface area contributed by atoms with Crippen molar-refractivity contribution < 1.29 is 14.4 Å². The van der Waals surface area contributed by atoms with E-state index in [-0.39, 0.29) is 30.8 Å². The Bertz CT molecular complexity index is 1230. The number of nitrogens with zero attached hydrogens (tertiary/aromatic N) is 2. The first kappa shape index (κ1) is 20.3. The van der Waals surface area contributed by atoms with Gasteiger partial charge in [0.15, 0.2) is 0 Å². The second-order valence-corrected chi connectivity index (χ2v) is 7.50. The molecule has 1 aliphatic carbocycles. The summed E-state index contributed by atoms with van der Waals surface area (Å²) in [5, 5.41) is 12.2. The Morgan fingerprint density at radius 1 is 1.00 bits per heavy atom. The molecule has 0 fully saturated rings. The minimum absolute atomic E-state index is 0.141. The van der Waals surface area contributed by atoms with Crippen molar-refractivity contribution in [3.63, 3.8) is 0 Å². The molecule has 0 bridgehead atoms. The maximum absolute atomic E-state index is 12.2. The van der Waals surface area contributed by atoms with Crippen LogP contribution in [-0.4, -0.2) is 40.3 Å². The van der Waals surface area contributed by atoms with Crippen LogP contribution in [-0.2, 0) is 20.9 Å². The number of aromatic nitrogens is 1. The van der Waals surface area contributed by atoms with Gasteiger partial charge in [0.1, 0.15) is 0 Å². The van der Waals surface area contributed by atoms with E-state index in [1.807, 2.05) is 30.3 Å². The quantitative estimate of drug-likeness (QED) is 0.307. The van der Waals surface area contributed by atoms with Crippen LogP contribution in [0.25, 0.3) is 22.2 Å². The number of aryl methyl sites for hydroxylation is 1. The average molecular weight is 417 g/mol. The third-order valence-corrected chi connectivity index (χ3v) is 5.32. The van der Waals surface area contributed by atoms with Crippen molar-refractivity contribution in [2.75, 3.05) is 18.8 Å². The van der Waals surface area contributed by atoms with E-state index in [2.05, 4.69) is 16.0 Å². The molecule has 2 aliphatic heterocycles. The summed E-state index contributed by atoms with van der Waals surface area (Å²) < 4.78 is 2.10. The third-order valence-electron chi connectivity index (χ3n) is 5.32. The number of nitrogens with two attached hydrogens (primary N) is 1. The fraction of sp³-hybridized carbons (Fsp3) is 0.217. The minimum Gasteiger partial charge on any atom is -0.399 e. The molecule has 8 heteroatoms. The fourth-order valence-electron chi connectivity index (χ4n) is 3.80.